The van der Waals surface area contributed by atoms with Gasteiger partial charge < -0.3 is 14.5 Å². The molecule has 0 saturated carbocycles. The number of hydrogen-bond acceptors (Lipinski definition) is 4. The Kier molecular flexibility index (Phi) is 4.32. The number of ether oxygens (including phenoxy) is 1. The van der Waals surface area contributed by atoms with Crippen LogP contribution in [0.15, 0.2) is 36.4 Å². The zero-order valence-corrected chi connectivity index (χ0v) is 17.2. The van der Waals surface area contributed by atoms with Crippen molar-refractivity contribution in [3.63, 3.8) is 0 Å². The quantitative estimate of drug-likeness (QED) is 0.735. The second kappa shape index (κ2) is 6.63. The molecule has 0 aliphatic carbocycles. The maximum atomic E-state index is 13.4. The molecule has 1 spiro atoms. The molecule has 3 saturated heterocycles. The van der Waals surface area contributed by atoms with Gasteiger partial charge in [0.2, 0.25) is 11.8 Å². The number of thioether (sulfide) groups is 1. The van der Waals surface area contributed by atoms with Crippen LogP contribution in [0.2, 0.25) is 0 Å². The number of rotatable bonds is 3. The van der Waals surface area contributed by atoms with Crippen molar-refractivity contribution in [1.29, 1.82) is 0 Å². The third-order valence-electron chi connectivity index (χ3n) is 6.58. The topological polar surface area (TPSA) is 49.9 Å². The van der Waals surface area contributed by atoms with Crippen molar-refractivity contribution >= 4 is 29.3 Å². The van der Waals surface area contributed by atoms with E-state index in [4.69, 9.17) is 4.74 Å². The van der Waals surface area contributed by atoms with Crippen LogP contribution in [0.1, 0.15) is 25.3 Å². The van der Waals surface area contributed by atoms with E-state index in [1.165, 1.54) is 5.56 Å². The normalized spacial score (nSPS) is 33.8. The van der Waals surface area contributed by atoms with E-state index < -0.39 is 11.5 Å². The van der Waals surface area contributed by atoms with E-state index in [1.807, 2.05) is 45.8 Å². The first-order chi connectivity index (χ1) is 13.5. The molecule has 4 atom stereocenters. The third kappa shape index (κ3) is 2.65. The smallest absolute Gasteiger partial charge is 0.234 e. The summed E-state index contributed by atoms with van der Waals surface area (Å²) in [5.41, 5.74) is 1.49. The number of carbonyl (C=O) groups excluding carboxylic acids is 2. The van der Waals surface area contributed by atoms with Crippen LogP contribution in [0.25, 0.3) is 0 Å². The fourth-order valence-electron chi connectivity index (χ4n) is 5.03. The van der Waals surface area contributed by atoms with Crippen LogP contribution in [0.4, 0.5) is 5.69 Å². The van der Waals surface area contributed by atoms with Gasteiger partial charge in [-0.3, -0.25) is 9.59 Å². The van der Waals surface area contributed by atoms with Crippen molar-refractivity contribution in [2.24, 2.45) is 11.8 Å². The van der Waals surface area contributed by atoms with Gasteiger partial charge in [-0.05, 0) is 23.6 Å². The van der Waals surface area contributed by atoms with Crippen molar-refractivity contribution in [1.82, 2.24) is 4.90 Å². The highest BCUT2D eigenvalue weighted by Gasteiger charge is 2.67. The molecular formula is C22H26N2O3S. The van der Waals surface area contributed by atoms with E-state index in [0.29, 0.717) is 12.5 Å². The number of hydrogen-bond donors (Lipinski definition) is 0. The summed E-state index contributed by atoms with van der Waals surface area (Å²) < 4.78 is 6.27. The van der Waals surface area contributed by atoms with Gasteiger partial charge in [0.25, 0.3) is 0 Å². The van der Waals surface area contributed by atoms with Gasteiger partial charge in [0.05, 0.1) is 24.5 Å². The van der Waals surface area contributed by atoms with Crippen molar-refractivity contribution in [3.8, 4) is 0 Å². The Balaban J connectivity index is 1.43. The van der Waals surface area contributed by atoms with Crippen LogP contribution in [-0.2, 0) is 14.3 Å². The Morgan fingerprint density at radius 3 is 2.61 bits per heavy atom. The highest BCUT2D eigenvalue weighted by molar-refractivity contribution is 7.99. The lowest BCUT2D eigenvalue weighted by atomic mass is 9.76. The lowest BCUT2D eigenvalue weighted by Gasteiger charge is -2.32. The average Bonchev–Trinajstić information content (AvgIpc) is 3.36. The van der Waals surface area contributed by atoms with E-state index >= 15 is 0 Å². The van der Waals surface area contributed by atoms with Crippen LogP contribution < -0.4 is 4.90 Å². The Morgan fingerprint density at radius 2 is 1.93 bits per heavy atom. The standard InChI is InChI=1S/C22H26N2O3S/c1-14(2)15-3-5-16(6-4-15)24-13-22-8-7-17(27-22)18(19(22)21(24)26)20(25)23-9-11-28-12-10-23/h3-8,14,17-19H,9-13H2,1-2H3/t17-,18?,19?,22-/m1/s1. The molecule has 5 nitrogen and oxygen atoms in total. The molecule has 0 aromatic heterocycles. The molecule has 2 unspecified atom stereocenters. The van der Waals surface area contributed by atoms with Crippen LogP contribution >= 0.6 is 11.8 Å². The predicted octanol–water partition coefficient (Wildman–Crippen LogP) is 2.67. The highest BCUT2D eigenvalue weighted by atomic mass is 32.2. The molecule has 3 fully saturated rings. The first-order valence-electron chi connectivity index (χ1n) is 10.2. The molecule has 2 bridgehead atoms. The molecule has 2 amide bonds. The van der Waals surface area contributed by atoms with Gasteiger partial charge >= 0.3 is 0 Å². The van der Waals surface area contributed by atoms with E-state index in [2.05, 4.69) is 26.0 Å². The van der Waals surface area contributed by atoms with Crippen molar-refractivity contribution < 1.29 is 14.3 Å². The summed E-state index contributed by atoms with van der Waals surface area (Å²) in [5, 5.41) is 0. The SMILES string of the molecule is CC(C)c1ccc(N2C[C@@]34C=C[C@@H](O3)C(C(=O)N3CCSCC3)C4C2=O)cc1. The fraction of sp³-hybridized carbons (Fsp3) is 0.545. The molecule has 6 heteroatoms. The minimum absolute atomic E-state index is 0.0221. The number of amides is 2. The van der Waals surface area contributed by atoms with E-state index in [1.54, 1.807) is 0 Å². The number of carbonyl (C=O) groups is 2. The molecule has 4 aliphatic rings. The van der Waals surface area contributed by atoms with Crippen LogP contribution in [0.3, 0.4) is 0 Å². The number of benzene rings is 1. The third-order valence-corrected chi connectivity index (χ3v) is 7.52. The number of anilines is 1. The van der Waals surface area contributed by atoms with E-state index in [9.17, 15) is 9.59 Å². The average molecular weight is 399 g/mol. The number of nitrogens with zero attached hydrogens (tertiary/aromatic N) is 2. The summed E-state index contributed by atoms with van der Waals surface area (Å²) in [4.78, 5) is 30.4. The molecule has 4 aliphatic heterocycles. The number of fused-ring (bicyclic) bond motifs is 1. The molecule has 1 aromatic rings. The van der Waals surface area contributed by atoms with Crippen molar-refractivity contribution in [3.05, 3.63) is 42.0 Å². The van der Waals surface area contributed by atoms with E-state index in [0.717, 1.165) is 30.3 Å². The molecule has 28 heavy (non-hydrogen) atoms. The molecule has 1 aromatic carbocycles. The molecular weight excluding hydrogens is 372 g/mol. The van der Waals surface area contributed by atoms with Gasteiger partial charge in [0.1, 0.15) is 5.60 Å². The molecule has 4 heterocycles. The Morgan fingerprint density at radius 1 is 1.21 bits per heavy atom. The summed E-state index contributed by atoms with van der Waals surface area (Å²) in [6.45, 7) is 6.34. The second-order valence-electron chi connectivity index (χ2n) is 8.51. The molecule has 5 rings (SSSR count). The zero-order valence-electron chi connectivity index (χ0n) is 16.3. The molecule has 0 N–H and O–H groups in total. The van der Waals surface area contributed by atoms with Crippen LogP contribution in [-0.4, -0.2) is 59.6 Å². The maximum Gasteiger partial charge on any atom is 0.234 e. The van der Waals surface area contributed by atoms with Crippen LogP contribution in [0.5, 0.6) is 0 Å². The Bertz CT molecular complexity index is 831. The summed E-state index contributed by atoms with van der Waals surface area (Å²) in [6, 6.07) is 8.20. The lowest BCUT2D eigenvalue weighted by Crippen LogP contribution is -2.48. The summed E-state index contributed by atoms with van der Waals surface area (Å²) in [5.74, 6) is 1.71. The molecule has 0 radical (unpaired) electrons. The summed E-state index contributed by atoms with van der Waals surface area (Å²) >= 11 is 1.88. The predicted molar refractivity (Wildman–Crippen MR) is 111 cm³/mol. The first-order valence-corrected chi connectivity index (χ1v) is 11.3. The van der Waals surface area contributed by atoms with Crippen LogP contribution in [0, 0.1) is 11.8 Å². The minimum Gasteiger partial charge on any atom is -0.360 e. The summed E-state index contributed by atoms with van der Waals surface area (Å²) in [7, 11) is 0. The van der Waals surface area contributed by atoms with Gasteiger partial charge in [-0.1, -0.05) is 38.1 Å². The largest absolute Gasteiger partial charge is 0.360 e. The highest BCUT2D eigenvalue weighted by Crippen LogP contribution is 2.53. The second-order valence-corrected chi connectivity index (χ2v) is 9.73. The summed E-state index contributed by atoms with van der Waals surface area (Å²) in [6.07, 6.45) is 3.76. The lowest BCUT2D eigenvalue weighted by molar-refractivity contribution is -0.140. The monoisotopic (exact) mass is 398 g/mol. The van der Waals surface area contributed by atoms with Gasteiger partial charge in [-0.2, -0.15) is 11.8 Å². The zero-order chi connectivity index (χ0) is 19.5. The molecule has 148 valence electrons. The maximum absolute atomic E-state index is 13.4. The van der Waals surface area contributed by atoms with Gasteiger partial charge in [0, 0.05) is 30.3 Å². The van der Waals surface area contributed by atoms with Gasteiger partial charge in [-0.25, -0.2) is 0 Å². The fourth-order valence-corrected chi connectivity index (χ4v) is 5.94. The van der Waals surface area contributed by atoms with Gasteiger partial charge in [0.15, 0.2) is 0 Å². The van der Waals surface area contributed by atoms with Gasteiger partial charge in [-0.15, -0.1) is 0 Å². The minimum atomic E-state index is -0.649. The van der Waals surface area contributed by atoms with E-state index in [-0.39, 0.29) is 23.8 Å². The first kappa shape index (κ1) is 18.3. The Hall–Kier alpha value is -1.79. The van der Waals surface area contributed by atoms with Crippen molar-refractivity contribution in [2.75, 3.05) is 36.0 Å². The Labute approximate surface area is 170 Å². The van der Waals surface area contributed by atoms with Crippen molar-refractivity contribution in [2.45, 2.75) is 31.5 Å².